The summed E-state index contributed by atoms with van der Waals surface area (Å²) >= 11 is 0. The molecule has 9 nitrogen and oxygen atoms in total. The first-order valence-electron chi connectivity index (χ1n) is 14.4. The van der Waals surface area contributed by atoms with Gasteiger partial charge in [-0.1, -0.05) is 0 Å². The number of carbonyl (C=O) groups is 3. The topological polar surface area (TPSA) is 138 Å². The highest BCUT2D eigenvalue weighted by atomic mass is 19.1. The molecule has 0 radical (unpaired) electrons. The summed E-state index contributed by atoms with van der Waals surface area (Å²) in [7, 11) is 1.42. The number of benzene rings is 1. The average Bonchev–Trinajstić information content (AvgIpc) is 3.53. The number of carboxylic acid groups (broad SMARTS) is 1. The van der Waals surface area contributed by atoms with Gasteiger partial charge in [-0.2, -0.15) is 5.26 Å². The molecule has 2 amide bonds. The summed E-state index contributed by atoms with van der Waals surface area (Å²) < 4.78 is 26.1. The molecule has 216 valence electrons. The van der Waals surface area contributed by atoms with E-state index in [9.17, 15) is 29.1 Å². The van der Waals surface area contributed by atoms with Crippen molar-refractivity contribution in [1.29, 1.82) is 5.26 Å². The lowest BCUT2D eigenvalue weighted by molar-refractivity contribution is -0.150. The summed E-state index contributed by atoms with van der Waals surface area (Å²) in [6.45, 7) is 1.74. The molecule has 0 aromatic heterocycles. The second-order valence-electron chi connectivity index (χ2n) is 12.4. The van der Waals surface area contributed by atoms with E-state index in [1.807, 2.05) is 0 Å². The highest BCUT2D eigenvalue weighted by molar-refractivity contribution is 5.98. The predicted octanol–water partition coefficient (Wildman–Crippen LogP) is 4.13. The number of nitrogens with one attached hydrogen (secondary N) is 2. The van der Waals surface area contributed by atoms with E-state index in [-0.39, 0.29) is 59.1 Å². The number of rotatable bonds is 9. The Bertz CT molecular complexity index is 1220. The Hall–Kier alpha value is -3.35. The van der Waals surface area contributed by atoms with Gasteiger partial charge in [0, 0.05) is 12.1 Å². The number of hydrogen-bond acceptors (Lipinski definition) is 6. The van der Waals surface area contributed by atoms with Crippen LogP contribution >= 0.6 is 0 Å². The van der Waals surface area contributed by atoms with Crippen LogP contribution in [0.5, 0.6) is 11.5 Å². The molecular formula is C30H38FN3O6. The minimum absolute atomic E-state index is 0.0112. The first-order valence-corrected chi connectivity index (χ1v) is 14.4. The first-order chi connectivity index (χ1) is 19.1. The van der Waals surface area contributed by atoms with Gasteiger partial charge in [0.05, 0.1) is 42.2 Å². The quantitative estimate of drug-likeness (QED) is 0.417. The van der Waals surface area contributed by atoms with E-state index in [1.54, 1.807) is 6.92 Å². The molecule has 5 rings (SSSR count). The lowest BCUT2D eigenvalue weighted by Crippen LogP contribution is -2.52. The summed E-state index contributed by atoms with van der Waals surface area (Å²) in [6, 6.07) is 4.70. The number of nitriles is 1. The van der Waals surface area contributed by atoms with Gasteiger partial charge in [0.2, 0.25) is 5.91 Å². The minimum Gasteiger partial charge on any atom is -0.496 e. The van der Waals surface area contributed by atoms with Crippen LogP contribution in [0.15, 0.2) is 12.1 Å². The summed E-state index contributed by atoms with van der Waals surface area (Å²) in [4.78, 5) is 38.4. The molecule has 1 aromatic rings. The third-order valence-electron chi connectivity index (χ3n) is 9.86. The van der Waals surface area contributed by atoms with Gasteiger partial charge in [0.25, 0.3) is 5.91 Å². The third-order valence-corrected chi connectivity index (χ3v) is 9.86. The van der Waals surface area contributed by atoms with Crippen molar-refractivity contribution in [2.45, 2.75) is 88.9 Å². The van der Waals surface area contributed by atoms with Crippen LogP contribution in [-0.4, -0.2) is 54.4 Å². The van der Waals surface area contributed by atoms with Crippen molar-refractivity contribution in [2.24, 2.45) is 23.2 Å². The second kappa shape index (κ2) is 10.9. The van der Waals surface area contributed by atoms with Gasteiger partial charge in [-0.3, -0.25) is 14.4 Å². The number of ether oxygens (including phenoxy) is 2. The minimum atomic E-state index is -1.32. The fourth-order valence-electron chi connectivity index (χ4n) is 7.04. The second-order valence-corrected chi connectivity index (χ2v) is 12.4. The molecule has 4 aliphatic carbocycles. The van der Waals surface area contributed by atoms with Gasteiger partial charge < -0.3 is 25.2 Å². The van der Waals surface area contributed by atoms with Gasteiger partial charge in [0.1, 0.15) is 23.2 Å². The highest BCUT2D eigenvalue weighted by Gasteiger charge is 2.52. The van der Waals surface area contributed by atoms with Crippen molar-refractivity contribution in [3.05, 3.63) is 23.3 Å². The van der Waals surface area contributed by atoms with E-state index >= 15 is 0 Å². The third kappa shape index (κ3) is 5.35. The van der Waals surface area contributed by atoms with Crippen LogP contribution in [0.3, 0.4) is 0 Å². The Morgan fingerprint density at radius 1 is 1.10 bits per heavy atom. The van der Waals surface area contributed by atoms with Crippen LogP contribution in [0.25, 0.3) is 0 Å². The number of halogens is 1. The van der Waals surface area contributed by atoms with Crippen LogP contribution in [0.4, 0.5) is 4.39 Å². The molecule has 4 atom stereocenters. The number of carbonyl (C=O) groups excluding carboxylic acids is 2. The molecule has 3 N–H and O–H groups in total. The highest BCUT2D eigenvalue weighted by Crippen LogP contribution is 2.49. The van der Waals surface area contributed by atoms with Gasteiger partial charge in [-0.25, -0.2) is 4.39 Å². The molecule has 0 saturated heterocycles. The van der Waals surface area contributed by atoms with Gasteiger partial charge >= 0.3 is 5.97 Å². The van der Waals surface area contributed by atoms with E-state index in [0.717, 1.165) is 25.7 Å². The van der Waals surface area contributed by atoms with E-state index < -0.39 is 28.9 Å². The Morgan fingerprint density at radius 3 is 2.40 bits per heavy atom. The number of amides is 2. The fraction of sp³-hybridized carbons (Fsp3) is 0.667. The largest absolute Gasteiger partial charge is 0.496 e. The van der Waals surface area contributed by atoms with Crippen molar-refractivity contribution in [2.75, 3.05) is 13.7 Å². The monoisotopic (exact) mass is 555 g/mol. The Balaban J connectivity index is 1.31. The smallest absolute Gasteiger partial charge is 0.309 e. The maximum absolute atomic E-state index is 14.5. The summed E-state index contributed by atoms with van der Waals surface area (Å²) in [5, 5.41) is 25.1. The van der Waals surface area contributed by atoms with Crippen molar-refractivity contribution < 1.29 is 33.4 Å². The van der Waals surface area contributed by atoms with Crippen molar-refractivity contribution in [1.82, 2.24) is 10.6 Å². The van der Waals surface area contributed by atoms with Gasteiger partial charge in [-0.05, 0) is 89.0 Å². The number of aliphatic carboxylic acids is 1. The molecule has 4 saturated carbocycles. The van der Waals surface area contributed by atoms with E-state index in [1.165, 1.54) is 19.2 Å². The molecule has 1 aromatic carbocycles. The van der Waals surface area contributed by atoms with E-state index in [2.05, 4.69) is 16.7 Å². The molecule has 40 heavy (non-hydrogen) atoms. The molecule has 4 fully saturated rings. The van der Waals surface area contributed by atoms with E-state index in [0.29, 0.717) is 38.5 Å². The normalized spacial score (nSPS) is 31.9. The average molecular weight is 556 g/mol. The number of hydrogen-bond donors (Lipinski definition) is 3. The lowest BCUT2D eigenvalue weighted by atomic mass is 9.75. The maximum atomic E-state index is 14.5. The van der Waals surface area contributed by atoms with E-state index in [4.69, 9.17) is 9.47 Å². The number of alkyl halides is 1. The van der Waals surface area contributed by atoms with Crippen LogP contribution < -0.4 is 20.1 Å². The van der Waals surface area contributed by atoms with Crippen LogP contribution in [0.2, 0.25) is 0 Å². The SMILES string of the molecule is COc1cc(C#N)c(OC2CCC(C)(C(=O)O)CC2)cc1C(=O)NC1C2CCC(C2)C1C(=O)NCC1(F)CCC1. The van der Waals surface area contributed by atoms with Crippen molar-refractivity contribution >= 4 is 17.8 Å². The number of nitrogens with zero attached hydrogens (tertiary/aromatic N) is 1. The Kier molecular flexibility index (Phi) is 7.68. The molecule has 4 unspecified atom stereocenters. The van der Waals surface area contributed by atoms with Crippen LogP contribution in [-0.2, 0) is 9.59 Å². The first kappa shape index (κ1) is 28.2. The summed E-state index contributed by atoms with van der Waals surface area (Å²) in [5.74, 6) is -1.10. The van der Waals surface area contributed by atoms with Gasteiger partial charge in [-0.15, -0.1) is 0 Å². The summed E-state index contributed by atoms with van der Waals surface area (Å²) in [5.41, 5.74) is -1.70. The zero-order valence-corrected chi connectivity index (χ0v) is 23.1. The molecule has 10 heteroatoms. The molecule has 2 bridgehead atoms. The molecular weight excluding hydrogens is 517 g/mol. The number of methoxy groups -OCH3 is 1. The Labute approximate surface area is 233 Å². The van der Waals surface area contributed by atoms with Crippen molar-refractivity contribution in [3.63, 3.8) is 0 Å². The van der Waals surface area contributed by atoms with Gasteiger partial charge in [0.15, 0.2) is 0 Å². The zero-order chi connectivity index (χ0) is 28.7. The van der Waals surface area contributed by atoms with Crippen molar-refractivity contribution in [3.8, 4) is 17.6 Å². The zero-order valence-electron chi connectivity index (χ0n) is 23.1. The fourth-order valence-corrected chi connectivity index (χ4v) is 7.04. The predicted molar refractivity (Wildman–Crippen MR) is 143 cm³/mol. The molecule has 0 heterocycles. The lowest BCUT2D eigenvalue weighted by Gasteiger charge is -2.36. The molecule has 0 aliphatic heterocycles. The molecule has 4 aliphatic rings. The maximum Gasteiger partial charge on any atom is 0.309 e. The standard InChI is InChI=1S/C30H38FN3O6/c1-29(28(37)38)10-6-20(7-11-29)40-22-14-21(23(39-2)13-19(22)15-32)26(35)34-25-18-5-4-17(12-18)24(25)27(36)33-16-30(31)8-3-9-30/h13-14,17-18,20,24-25H,3-12,16H2,1-2H3,(H,33,36)(H,34,35)(H,37,38). The number of carboxylic acids is 1. The number of fused-ring (bicyclic) bond motifs is 2. The van der Waals surface area contributed by atoms with Crippen LogP contribution in [0, 0.1) is 34.5 Å². The molecule has 0 spiro atoms. The Morgan fingerprint density at radius 2 is 1.80 bits per heavy atom. The van der Waals surface area contributed by atoms with Crippen LogP contribution in [0.1, 0.15) is 87.1 Å². The summed E-state index contributed by atoms with van der Waals surface area (Å²) in [6.07, 6.45) is 6.10.